The molecule has 0 saturated carbocycles. The highest BCUT2D eigenvalue weighted by molar-refractivity contribution is 7.10. The molecule has 1 heterocycles. The van der Waals surface area contributed by atoms with E-state index >= 15 is 0 Å². The summed E-state index contributed by atoms with van der Waals surface area (Å²) in [5, 5.41) is 3.22. The van der Waals surface area contributed by atoms with Gasteiger partial charge in [-0.15, -0.1) is 0 Å². The number of carbonyl (C=O) groups excluding carboxylic acids is 1. The summed E-state index contributed by atoms with van der Waals surface area (Å²) >= 11 is 1.16. The third kappa shape index (κ3) is 4.24. The molecule has 0 aliphatic heterocycles. The lowest BCUT2D eigenvalue weighted by Gasteiger charge is -2.10. The number of nitrogens with one attached hydrogen (secondary N) is 1. The minimum absolute atomic E-state index is 0.235. The Morgan fingerprint density at radius 3 is 2.46 bits per heavy atom. The average molecular weight is 338 g/mol. The van der Waals surface area contributed by atoms with E-state index in [4.69, 9.17) is 5.73 Å². The van der Waals surface area contributed by atoms with Crippen LogP contribution < -0.4 is 11.1 Å². The second-order valence-corrected chi connectivity index (χ2v) is 6.16. The van der Waals surface area contributed by atoms with Crippen LogP contribution in [0.15, 0.2) is 60.7 Å². The van der Waals surface area contributed by atoms with Gasteiger partial charge in [-0.25, -0.2) is 0 Å². The molecule has 0 spiro atoms. The van der Waals surface area contributed by atoms with Gasteiger partial charge < -0.3 is 5.73 Å². The molecule has 0 unspecified atom stereocenters. The first-order valence-corrected chi connectivity index (χ1v) is 8.49. The fraction of sp³-hybridized carbons (Fsp3) is 0.167. The molecule has 0 bridgehead atoms. The molecule has 0 aliphatic carbocycles. The van der Waals surface area contributed by atoms with Gasteiger partial charge in [-0.05, 0) is 18.4 Å². The van der Waals surface area contributed by atoms with E-state index in [1.54, 1.807) is 0 Å². The van der Waals surface area contributed by atoms with Gasteiger partial charge in [-0.1, -0.05) is 60.7 Å². The topological polar surface area (TPSA) is 80.9 Å². The van der Waals surface area contributed by atoms with Gasteiger partial charge in [-0.3, -0.25) is 10.1 Å². The molecule has 0 fully saturated rings. The molecule has 0 saturated heterocycles. The van der Waals surface area contributed by atoms with E-state index in [9.17, 15) is 4.79 Å². The van der Waals surface area contributed by atoms with Crippen molar-refractivity contribution in [2.45, 2.75) is 18.9 Å². The van der Waals surface area contributed by atoms with Gasteiger partial charge in [-0.2, -0.15) is 9.36 Å². The van der Waals surface area contributed by atoms with Crippen molar-refractivity contribution in [3.63, 3.8) is 0 Å². The molecule has 1 amide bonds. The van der Waals surface area contributed by atoms with Gasteiger partial charge in [0.05, 0.1) is 6.04 Å². The lowest BCUT2D eigenvalue weighted by Crippen LogP contribution is -2.36. The van der Waals surface area contributed by atoms with E-state index in [2.05, 4.69) is 14.7 Å². The Morgan fingerprint density at radius 2 is 1.75 bits per heavy atom. The number of rotatable bonds is 6. The molecule has 3 rings (SSSR count). The van der Waals surface area contributed by atoms with Crippen LogP contribution in [-0.2, 0) is 11.2 Å². The maximum Gasteiger partial charge on any atom is 0.243 e. The standard InChI is InChI=1S/C18H18N4OS/c19-15(12-11-13-7-3-1-4-8-13)17(23)21-18-20-16(22-24-18)14-9-5-2-6-10-14/h1-10,15H,11-12,19H2,(H,20,21,22,23)/t15-/m1/s1. The summed E-state index contributed by atoms with van der Waals surface area (Å²) in [5.41, 5.74) is 8.06. The van der Waals surface area contributed by atoms with Gasteiger partial charge in [0.15, 0.2) is 5.82 Å². The van der Waals surface area contributed by atoms with Crippen molar-refractivity contribution in [2.24, 2.45) is 5.73 Å². The van der Waals surface area contributed by atoms with Crippen LogP contribution in [0.25, 0.3) is 11.4 Å². The number of nitrogens with two attached hydrogens (primary N) is 1. The summed E-state index contributed by atoms with van der Waals surface area (Å²) in [7, 11) is 0. The number of aryl methyl sites for hydroxylation is 1. The minimum atomic E-state index is -0.575. The van der Waals surface area contributed by atoms with Crippen LogP contribution in [-0.4, -0.2) is 21.3 Å². The van der Waals surface area contributed by atoms with Gasteiger partial charge >= 0.3 is 0 Å². The molecule has 0 radical (unpaired) electrons. The highest BCUT2D eigenvalue weighted by atomic mass is 32.1. The summed E-state index contributed by atoms with van der Waals surface area (Å²) < 4.78 is 4.27. The lowest BCUT2D eigenvalue weighted by atomic mass is 10.1. The van der Waals surface area contributed by atoms with E-state index < -0.39 is 6.04 Å². The van der Waals surface area contributed by atoms with Gasteiger partial charge in [0.1, 0.15) is 0 Å². The second kappa shape index (κ2) is 7.81. The zero-order valence-electron chi connectivity index (χ0n) is 13.1. The molecular weight excluding hydrogens is 320 g/mol. The van der Waals surface area contributed by atoms with Crippen LogP contribution in [0.3, 0.4) is 0 Å². The maximum atomic E-state index is 12.2. The number of anilines is 1. The smallest absolute Gasteiger partial charge is 0.243 e. The Balaban J connectivity index is 1.55. The maximum absolute atomic E-state index is 12.2. The van der Waals surface area contributed by atoms with Gasteiger partial charge in [0, 0.05) is 17.1 Å². The van der Waals surface area contributed by atoms with Crippen LogP contribution in [0, 0.1) is 0 Å². The summed E-state index contributed by atoms with van der Waals surface area (Å²) in [5.74, 6) is 0.371. The molecule has 122 valence electrons. The number of nitrogens with zero attached hydrogens (tertiary/aromatic N) is 2. The van der Waals surface area contributed by atoms with Gasteiger partial charge in [0.2, 0.25) is 11.0 Å². The Hall–Kier alpha value is -2.57. The van der Waals surface area contributed by atoms with Crippen LogP contribution in [0.2, 0.25) is 0 Å². The van der Waals surface area contributed by atoms with Crippen molar-refractivity contribution in [2.75, 3.05) is 5.32 Å². The lowest BCUT2D eigenvalue weighted by molar-refractivity contribution is -0.117. The molecular formula is C18H18N4OS. The average Bonchev–Trinajstić information content (AvgIpc) is 3.10. The first kappa shape index (κ1) is 16.3. The fourth-order valence-electron chi connectivity index (χ4n) is 2.27. The zero-order valence-corrected chi connectivity index (χ0v) is 13.9. The number of hydrogen-bond acceptors (Lipinski definition) is 5. The molecule has 1 aromatic heterocycles. The van der Waals surface area contributed by atoms with Gasteiger partial charge in [0.25, 0.3) is 0 Å². The molecule has 3 aromatic rings. The van der Waals surface area contributed by atoms with Crippen molar-refractivity contribution in [3.8, 4) is 11.4 Å². The third-order valence-corrected chi connectivity index (χ3v) is 4.24. The summed E-state index contributed by atoms with van der Waals surface area (Å²) in [4.78, 5) is 16.5. The van der Waals surface area contributed by atoms with Crippen molar-refractivity contribution in [3.05, 3.63) is 66.2 Å². The van der Waals surface area contributed by atoms with E-state index in [0.29, 0.717) is 17.4 Å². The molecule has 0 aliphatic rings. The number of carbonyl (C=O) groups is 1. The van der Waals surface area contributed by atoms with Crippen LogP contribution in [0.5, 0.6) is 0 Å². The van der Waals surface area contributed by atoms with Crippen molar-refractivity contribution >= 4 is 22.6 Å². The Labute approximate surface area is 144 Å². The molecule has 24 heavy (non-hydrogen) atoms. The normalized spacial score (nSPS) is 11.9. The minimum Gasteiger partial charge on any atom is -0.320 e. The monoisotopic (exact) mass is 338 g/mol. The number of hydrogen-bond donors (Lipinski definition) is 2. The van der Waals surface area contributed by atoms with E-state index in [1.807, 2.05) is 60.7 Å². The van der Waals surface area contributed by atoms with Crippen molar-refractivity contribution in [1.82, 2.24) is 9.36 Å². The SMILES string of the molecule is N[C@H](CCc1ccccc1)C(=O)Nc1nc(-c2ccccc2)ns1. The largest absolute Gasteiger partial charge is 0.320 e. The van der Waals surface area contributed by atoms with Crippen molar-refractivity contribution < 1.29 is 4.79 Å². The fourth-order valence-corrected chi connectivity index (χ4v) is 2.87. The van der Waals surface area contributed by atoms with Crippen LogP contribution in [0.1, 0.15) is 12.0 Å². The van der Waals surface area contributed by atoms with Crippen molar-refractivity contribution in [1.29, 1.82) is 0 Å². The van der Waals surface area contributed by atoms with E-state index in [-0.39, 0.29) is 5.91 Å². The Morgan fingerprint density at radius 1 is 1.08 bits per heavy atom. The predicted octanol–water partition coefficient (Wildman–Crippen LogP) is 3.10. The first-order chi connectivity index (χ1) is 11.7. The molecule has 2 aromatic carbocycles. The molecule has 6 heteroatoms. The van der Waals surface area contributed by atoms with E-state index in [1.165, 1.54) is 5.56 Å². The van der Waals surface area contributed by atoms with Crippen LogP contribution in [0.4, 0.5) is 5.13 Å². The van der Waals surface area contributed by atoms with E-state index in [0.717, 1.165) is 23.5 Å². The Kier molecular flexibility index (Phi) is 5.30. The summed E-state index contributed by atoms with van der Waals surface area (Å²) in [6.07, 6.45) is 1.35. The highest BCUT2D eigenvalue weighted by Gasteiger charge is 2.16. The summed E-state index contributed by atoms with van der Waals surface area (Å²) in [6, 6.07) is 19.1. The Bertz CT molecular complexity index is 789. The highest BCUT2D eigenvalue weighted by Crippen LogP contribution is 2.20. The number of amides is 1. The first-order valence-electron chi connectivity index (χ1n) is 7.72. The quantitative estimate of drug-likeness (QED) is 0.724. The molecule has 3 N–H and O–H groups in total. The number of aromatic nitrogens is 2. The summed E-state index contributed by atoms with van der Waals surface area (Å²) in [6.45, 7) is 0. The number of benzene rings is 2. The predicted molar refractivity (Wildman–Crippen MR) is 96.7 cm³/mol. The molecule has 5 nitrogen and oxygen atoms in total. The third-order valence-electron chi connectivity index (χ3n) is 3.61. The van der Waals surface area contributed by atoms with Crippen LogP contribution >= 0.6 is 11.5 Å². The molecule has 1 atom stereocenters. The second-order valence-electron chi connectivity index (χ2n) is 5.41. The zero-order chi connectivity index (χ0) is 16.8.